The van der Waals surface area contributed by atoms with Crippen molar-refractivity contribution in [1.29, 1.82) is 0 Å². The summed E-state index contributed by atoms with van der Waals surface area (Å²) in [7, 11) is 0. The molecule has 2 aromatic rings. The number of nitrogens with one attached hydrogen (secondary N) is 1. The normalized spacial score (nSPS) is 15.9. The van der Waals surface area contributed by atoms with Gasteiger partial charge in [0.2, 0.25) is 11.9 Å². The van der Waals surface area contributed by atoms with Crippen LogP contribution in [-0.2, 0) is 11.3 Å². The Morgan fingerprint density at radius 2 is 1.96 bits per heavy atom. The summed E-state index contributed by atoms with van der Waals surface area (Å²) in [6.07, 6.45) is 0. The number of guanidine groups is 1. The second kappa shape index (κ2) is 4.91. The van der Waals surface area contributed by atoms with Crippen LogP contribution in [0.25, 0.3) is 11.1 Å². The number of rotatable bonds is 1. The molecule has 1 saturated heterocycles. The number of carbonyl (C=O) groups is 1. The fourth-order valence-electron chi connectivity index (χ4n) is 3.31. The Hall–Kier alpha value is -2.69. The van der Waals surface area contributed by atoms with Gasteiger partial charge < -0.3 is 4.90 Å². The highest BCUT2D eigenvalue weighted by Crippen LogP contribution is 2.35. The van der Waals surface area contributed by atoms with E-state index in [2.05, 4.69) is 40.4 Å². The predicted molar refractivity (Wildman–Crippen MR) is 89.5 cm³/mol. The molecule has 2 aliphatic heterocycles. The van der Waals surface area contributed by atoms with Crippen LogP contribution in [0.3, 0.4) is 0 Å². The van der Waals surface area contributed by atoms with E-state index < -0.39 is 0 Å². The van der Waals surface area contributed by atoms with Crippen LogP contribution < -0.4 is 5.32 Å². The SMILES string of the molecule is Cc1ccc(-c2cc(C)c3c(c2)CN2CC(=O)NC2=N3)c(C)n1. The number of pyridine rings is 1. The summed E-state index contributed by atoms with van der Waals surface area (Å²) < 4.78 is 0. The molecule has 0 unspecified atom stereocenters. The lowest BCUT2D eigenvalue weighted by molar-refractivity contribution is -0.118. The van der Waals surface area contributed by atoms with Crippen LogP contribution in [-0.4, -0.2) is 28.3 Å². The highest BCUT2D eigenvalue weighted by molar-refractivity contribution is 6.06. The molecule has 1 N–H and O–H groups in total. The molecule has 1 aromatic heterocycles. The molecular weight excluding hydrogens is 288 g/mol. The fraction of sp³-hybridized carbons (Fsp3) is 0.278. The van der Waals surface area contributed by atoms with Gasteiger partial charge in [-0.2, -0.15) is 0 Å². The van der Waals surface area contributed by atoms with Gasteiger partial charge in [-0.05, 0) is 55.7 Å². The Bertz CT molecular complexity index is 870. The molecule has 1 fully saturated rings. The second-order valence-corrected chi connectivity index (χ2v) is 6.23. The van der Waals surface area contributed by atoms with E-state index in [0.29, 0.717) is 19.0 Å². The lowest BCUT2D eigenvalue weighted by Gasteiger charge is -2.24. The Kier molecular flexibility index (Phi) is 2.98. The van der Waals surface area contributed by atoms with Crippen molar-refractivity contribution in [3.8, 4) is 11.1 Å². The summed E-state index contributed by atoms with van der Waals surface area (Å²) in [5.41, 5.74) is 7.60. The number of aliphatic imine (C=N–C) groups is 1. The van der Waals surface area contributed by atoms with E-state index >= 15 is 0 Å². The summed E-state index contributed by atoms with van der Waals surface area (Å²) in [6, 6.07) is 8.48. The number of hydrogen-bond acceptors (Lipinski definition) is 4. The second-order valence-electron chi connectivity index (χ2n) is 6.23. The first-order valence-electron chi connectivity index (χ1n) is 7.73. The largest absolute Gasteiger partial charge is 0.329 e. The first kappa shape index (κ1) is 13.9. The molecule has 116 valence electrons. The maximum atomic E-state index is 11.6. The summed E-state index contributed by atoms with van der Waals surface area (Å²) in [6.45, 7) is 7.20. The lowest BCUT2D eigenvalue weighted by atomic mass is 9.96. The number of carbonyl (C=O) groups excluding carboxylic acids is 1. The van der Waals surface area contributed by atoms with Crippen LogP contribution in [0.2, 0.25) is 0 Å². The number of hydrogen-bond donors (Lipinski definition) is 1. The minimum absolute atomic E-state index is 0.00742. The summed E-state index contributed by atoms with van der Waals surface area (Å²) in [5, 5.41) is 2.81. The fourth-order valence-corrected chi connectivity index (χ4v) is 3.31. The smallest absolute Gasteiger partial charge is 0.246 e. The lowest BCUT2D eigenvalue weighted by Crippen LogP contribution is -2.32. The Balaban J connectivity index is 1.82. The van der Waals surface area contributed by atoms with Crippen molar-refractivity contribution < 1.29 is 4.79 Å². The van der Waals surface area contributed by atoms with E-state index in [0.717, 1.165) is 39.3 Å². The van der Waals surface area contributed by atoms with Gasteiger partial charge >= 0.3 is 0 Å². The molecule has 5 heteroatoms. The Morgan fingerprint density at radius 3 is 2.74 bits per heavy atom. The van der Waals surface area contributed by atoms with Crippen molar-refractivity contribution in [2.45, 2.75) is 27.3 Å². The molecule has 0 saturated carbocycles. The van der Waals surface area contributed by atoms with Crippen LogP contribution in [0.5, 0.6) is 0 Å². The van der Waals surface area contributed by atoms with Gasteiger partial charge in [0.15, 0.2) is 0 Å². The highest BCUT2D eigenvalue weighted by atomic mass is 16.2. The number of benzene rings is 1. The van der Waals surface area contributed by atoms with Crippen LogP contribution >= 0.6 is 0 Å². The minimum atomic E-state index is 0.00742. The maximum absolute atomic E-state index is 11.6. The quantitative estimate of drug-likeness (QED) is 0.881. The van der Waals surface area contributed by atoms with Crippen molar-refractivity contribution in [2.75, 3.05) is 6.54 Å². The van der Waals surface area contributed by atoms with Crippen LogP contribution in [0.15, 0.2) is 29.3 Å². The topological polar surface area (TPSA) is 57.6 Å². The maximum Gasteiger partial charge on any atom is 0.246 e. The van der Waals surface area contributed by atoms with Crippen molar-refractivity contribution in [3.63, 3.8) is 0 Å². The van der Waals surface area contributed by atoms with Gasteiger partial charge in [0, 0.05) is 23.5 Å². The van der Waals surface area contributed by atoms with E-state index in [9.17, 15) is 4.79 Å². The molecule has 0 aliphatic carbocycles. The molecule has 0 bridgehead atoms. The van der Waals surface area contributed by atoms with Crippen molar-refractivity contribution >= 4 is 17.6 Å². The first-order chi connectivity index (χ1) is 11.0. The average Bonchev–Trinajstić information content (AvgIpc) is 2.84. The molecule has 1 amide bonds. The van der Waals surface area contributed by atoms with E-state index in [1.807, 2.05) is 24.8 Å². The van der Waals surface area contributed by atoms with Crippen LogP contribution in [0.1, 0.15) is 22.5 Å². The standard InChI is InChI=1S/C18H18N4O/c1-10-6-13(15-5-4-11(2)19-12(15)3)7-14-8-22-9-16(23)20-18(22)21-17(10)14/h4-7H,8-9H2,1-3H3,(H,20,21,23). The number of aryl methyl sites for hydroxylation is 3. The Labute approximate surface area is 135 Å². The van der Waals surface area contributed by atoms with Gasteiger partial charge in [-0.15, -0.1) is 0 Å². The summed E-state index contributed by atoms with van der Waals surface area (Å²) in [5.74, 6) is 0.680. The van der Waals surface area contributed by atoms with Crippen LogP contribution in [0, 0.1) is 20.8 Å². The molecule has 5 nitrogen and oxygen atoms in total. The van der Waals surface area contributed by atoms with Gasteiger partial charge in [0.1, 0.15) is 6.54 Å². The van der Waals surface area contributed by atoms with E-state index in [1.54, 1.807) is 0 Å². The Morgan fingerprint density at radius 1 is 1.13 bits per heavy atom. The van der Waals surface area contributed by atoms with Crippen LogP contribution in [0.4, 0.5) is 5.69 Å². The zero-order chi connectivity index (χ0) is 16.1. The van der Waals surface area contributed by atoms with Crippen molar-refractivity contribution in [2.24, 2.45) is 4.99 Å². The number of aromatic nitrogens is 1. The molecule has 23 heavy (non-hydrogen) atoms. The highest BCUT2D eigenvalue weighted by Gasteiger charge is 2.29. The van der Waals surface area contributed by atoms with Crippen molar-refractivity contribution in [1.82, 2.24) is 15.2 Å². The van der Waals surface area contributed by atoms with E-state index in [1.165, 1.54) is 0 Å². The monoisotopic (exact) mass is 306 g/mol. The third-order valence-electron chi connectivity index (χ3n) is 4.38. The third-order valence-corrected chi connectivity index (χ3v) is 4.38. The first-order valence-corrected chi connectivity index (χ1v) is 7.73. The van der Waals surface area contributed by atoms with Gasteiger partial charge in [-0.25, -0.2) is 4.99 Å². The summed E-state index contributed by atoms with van der Waals surface area (Å²) >= 11 is 0. The van der Waals surface area contributed by atoms with Gasteiger partial charge in [0.05, 0.1) is 5.69 Å². The average molecular weight is 306 g/mol. The molecule has 4 rings (SSSR count). The van der Waals surface area contributed by atoms with Gasteiger partial charge in [0.25, 0.3) is 0 Å². The molecule has 1 aromatic carbocycles. The molecule has 2 aliphatic rings. The zero-order valence-corrected chi connectivity index (χ0v) is 13.5. The van der Waals surface area contributed by atoms with E-state index in [4.69, 9.17) is 0 Å². The van der Waals surface area contributed by atoms with E-state index in [-0.39, 0.29) is 5.91 Å². The number of amides is 1. The molecule has 0 radical (unpaired) electrons. The summed E-state index contributed by atoms with van der Waals surface area (Å²) in [4.78, 5) is 22.7. The molecule has 0 spiro atoms. The minimum Gasteiger partial charge on any atom is -0.329 e. The van der Waals surface area contributed by atoms with Gasteiger partial charge in [-0.3, -0.25) is 15.1 Å². The van der Waals surface area contributed by atoms with Crippen molar-refractivity contribution in [3.05, 3.63) is 46.8 Å². The third kappa shape index (κ3) is 2.29. The molecular formula is C18H18N4O. The predicted octanol–water partition coefficient (Wildman–Crippen LogP) is 2.61. The van der Waals surface area contributed by atoms with Gasteiger partial charge in [-0.1, -0.05) is 6.07 Å². The molecule has 3 heterocycles. The number of fused-ring (bicyclic) bond motifs is 2. The molecule has 0 atom stereocenters. The number of nitrogens with zero attached hydrogens (tertiary/aromatic N) is 3. The zero-order valence-electron chi connectivity index (χ0n) is 13.5.